The van der Waals surface area contributed by atoms with E-state index in [1.807, 2.05) is 6.07 Å². The van der Waals surface area contributed by atoms with Gasteiger partial charge in [-0.25, -0.2) is 8.78 Å². The summed E-state index contributed by atoms with van der Waals surface area (Å²) >= 11 is 0. The van der Waals surface area contributed by atoms with Gasteiger partial charge in [0.15, 0.2) is 11.6 Å². The van der Waals surface area contributed by atoms with E-state index >= 15 is 0 Å². The summed E-state index contributed by atoms with van der Waals surface area (Å²) in [4.78, 5) is 0. The van der Waals surface area contributed by atoms with Gasteiger partial charge in [-0.05, 0) is 72.6 Å². The molecule has 0 spiro atoms. The lowest BCUT2D eigenvalue weighted by Gasteiger charge is -2.22. The summed E-state index contributed by atoms with van der Waals surface area (Å²) in [7, 11) is 0. The van der Waals surface area contributed by atoms with Crippen LogP contribution in [0.4, 0.5) is 13.2 Å². The normalized spacial score (nSPS) is 15.9. The molecule has 0 heterocycles. The summed E-state index contributed by atoms with van der Waals surface area (Å²) in [5.41, 5.74) is 4.00. The highest BCUT2D eigenvalue weighted by atomic mass is 19.2. The molecular weight excluding hydrogens is 421 g/mol. The van der Waals surface area contributed by atoms with Gasteiger partial charge >= 0.3 is 0 Å². The lowest BCUT2D eigenvalue weighted by Crippen LogP contribution is -2.05. The lowest BCUT2D eigenvalue weighted by atomic mass is 9.84. The van der Waals surface area contributed by atoms with Crippen LogP contribution >= 0.6 is 0 Å². The zero-order valence-corrected chi connectivity index (χ0v) is 19.1. The van der Waals surface area contributed by atoms with Crippen molar-refractivity contribution in [1.82, 2.24) is 0 Å². The van der Waals surface area contributed by atoms with Crippen molar-refractivity contribution < 1.29 is 17.9 Å². The van der Waals surface area contributed by atoms with Gasteiger partial charge in [0.05, 0.1) is 6.61 Å². The second kappa shape index (κ2) is 10.3. The quantitative estimate of drug-likeness (QED) is 0.349. The fourth-order valence-corrected chi connectivity index (χ4v) is 4.62. The molecule has 0 N–H and O–H groups in total. The van der Waals surface area contributed by atoms with Gasteiger partial charge in [0.2, 0.25) is 5.82 Å². The molecule has 1 atom stereocenters. The highest BCUT2D eigenvalue weighted by Crippen LogP contribution is 2.35. The van der Waals surface area contributed by atoms with E-state index in [0.717, 1.165) is 30.7 Å². The molecule has 33 heavy (non-hydrogen) atoms. The molecule has 1 aliphatic rings. The topological polar surface area (TPSA) is 9.23 Å². The van der Waals surface area contributed by atoms with Crippen molar-refractivity contribution in [3.8, 4) is 28.0 Å². The maximum absolute atomic E-state index is 15.0. The van der Waals surface area contributed by atoms with Crippen LogP contribution in [0.2, 0.25) is 0 Å². The molecule has 172 valence electrons. The molecule has 0 aromatic heterocycles. The van der Waals surface area contributed by atoms with E-state index in [1.54, 1.807) is 43.3 Å². The van der Waals surface area contributed by atoms with Crippen LogP contribution in [0.1, 0.15) is 51.5 Å². The van der Waals surface area contributed by atoms with E-state index in [-0.39, 0.29) is 23.7 Å². The summed E-state index contributed by atoms with van der Waals surface area (Å²) in [6.07, 6.45) is 7.93. The predicted octanol–water partition coefficient (Wildman–Crippen LogP) is 8.82. The third kappa shape index (κ3) is 5.00. The first kappa shape index (κ1) is 23.2. The van der Waals surface area contributed by atoms with Crippen molar-refractivity contribution in [2.45, 2.75) is 46.0 Å². The van der Waals surface area contributed by atoms with Crippen LogP contribution in [-0.2, 0) is 0 Å². The first-order valence-corrected chi connectivity index (χ1v) is 11.7. The molecule has 0 radical (unpaired) electrons. The van der Waals surface area contributed by atoms with Gasteiger partial charge in [0.25, 0.3) is 0 Å². The van der Waals surface area contributed by atoms with Crippen LogP contribution in [-0.4, -0.2) is 6.61 Å². The molecule has 4 heteroatoms. The zero-order valence-electron chi connectivity index (χ0n) is 19.1. The first-order chi connectivity index (χ1) is 16.0. The molecule has 0 saturated carbocycles. The molecule has 1 unspecified atom stereocenters. The average molecular weight is 451 g/mol. The first-order valence-electron chi connectivity index (χ1n) is 11.7. The minimum absolute atomic E-state index is 0.105. The number of halogens is 3. The Morgan fingerprint density at radius 2 is 1.48 bits per heavy atom. The van der Waals surface area contributed by atoms with Gasteiger partial charge in [0, 0.05) is 11.1 Å². The number of hydrogen-bond acceptors (Lipinski definition) is 1. The van der Waals surface area contributed by atoms with E-state index in [0.29, 0.717) is 16.7 Å². The maximum Gasteiger partial charge on any atom is 0.201 e. The van der Waals surface area contributed by atoms with Crippen molar-refractivity contribution in [2.24, 2.45) is 5.92 Å². The zero-order chi connectivity index (χ0) is 23.4. The average Bonchev–Trinajstić information content (AvgIpc) is 2.83. The molecule has 0 fully saturated rings. The number of benzene rings is 3. The third-order valence-corrected chi connectivity index (χ3v) is 6.41. The lowest BCUT2D eigenvalue weighted by molar-refractivity contribution is 0.314. The molecule has 1 nitrogen and oxygen atoms in total. The third-order valence-electron chi connectivity index (χ3n) is 6.41. The second-order valence-corrected chi connectivity index (χ2v) is 8.60. The van der Waals surface area contributed by atoms with Crippen LogP contribution < -0.4 is 4.74 Å². The van der Waals surface area contributed by atoms with Crippen LogP contribution in [0.25, 0.3) is 27.8 Å². The van der Waals surface area contributed by atoms with Crippen molar-refractivity contribution in [3.63, 3.8) is 0 Å². The molecule has 3 aromatic rings. The van der Waals surface area contributed by atoms with E-state index in [1.165, 1.54) is 30.5 Å². The number of ether oxygens (including phenoxy) is 1. The Bertz CT molecular complexity index is 1150. The van der Waals surface area contributed by atoms with Crippen molar-refractivity contribution in [2.75, 3.05) is 6.61 Å². The van der Waals surface area contributed by atoms with Crippen molar-refractivity contribution in [1.29, 1.82) is 0 Å². The minimum atomic E-state index is -1.00. The SMILES string of the molecule is CCCC1CC=C(c2ccc(-c3ccc(-c4ccc(OCC)c(F)c4F)cc3)c(F)c2)CC1. The largest absolute Gasteiger partial charge is 0.491 e. The Hall–Kier alpha value is -3.01. The van der Waals surface area contributed by atoms with Gasteiger partial charge in [-0.2, -0.15) is 4.39 Å². The van der Waals surface area contributed by atoms with Crippen LogP contribution in [0.3, 0.4) is 0 Å². The number of allylic oxidation sites excluding steroid dienone is 2. The van der Waals surface area contributed by atoms with Crippen LogP contribution in [0.5, 0.6) is 5.75 Å². The van der Waals surface area contributed by atoms with Gasteiger partial charge in [0.1, 0.15) is 5.82 Å². The number of rotatable bonds is 7. The van der Waals surface area contributed by atoms with E-state index in [2.05, 4.69) is 13.0 Å². The molecule has 1 aliphatic carbocycles. The summed E-state index contributed by atoms with van der Waals surface area (Å²) < 4.78 is 48.9. The van der Waals surface area contributed by atoms with E-state index in [4.69, 9.17) is 4.74 Å². The fraction of sp³-hybridized carbons (Fsp3) is 0.310. The van der Waals surface area contributed by atoms with Gasteiger partial charge in [-0.3, -0.25) is 0 Å². The van der Waals surface area contributed by atoms with Crippen LogP contribution in [0, 0.1) is 23.4 Å². The molecule has 0 aliphatic heterocycles. The Balaban J connectivity index is 1.55. The highest BCUT2D eigenvalue weighted by molar-refractivity contribution is 5.74. The Morgan fingerprint density at radius 3 is 2.09 bits per heavy atom. The Labute approximate surface area is 193 Å². The maximum atomic E-state index is 15.0. The van der Waals surface area contributed by atoms with E-state index in [9.17, 15) is 13.2 Å². The summed E-state index contributed by atoms with van der Waals surface area (Å²) in [5, 5.41) is 0. The molecule has 4 rings (SSSR count). The van der Waals surface area contributed by atoms with E-state index < -0.39 is 11.6 Å². The molecule has 3 aromatic carbocycles. The molecule has 0 bridgehead atoms. The van der Waals surface area contributed by atoms with Crippen molar-refractivity contribution >= 4 is 5.57 Å². The molecule has 0 saturated heterocycles. The highest BCUT2D eigenvalue weighted by Gasteiger charge is 2.18. The fourth-order valence-electron chi connectivity index (χ4n) is 4.62. The van der Waals surface area contributed by atoms with Gasteiger partial charge in [-0.1, -0.05) is 62.2 Å². The van der Waals surface area contributed by atoms with Crippen LogP contribution in [0.15, 0.2) is 60.7 Å². The molecule has 0 amide bonds. The standard InChI is InChI=1S/C29H29F3O/c1-3-5-19-6-8-20(9-7-19)23-14-15-24(26(30)18-23)21-10-12-22(13-11-21)25-16-17-27(33-4-2)29(32)28(25)31/h8,10-19H,3-7,9H2,1-2H3. The second-order valence-electron chi connectivity index (χ2n) is 8.60. The monoisotopic (exact) mass is 450 g/mol. The van der Waals surface area contributed by atoms with Gasteiger partial charge < -0.3 is 4.74 Å². The smallest absolute Gasteiger partial charge is 0.201 e. The summed E-state index contributed by atoms with van der Waals surface area (Å²) in [6, 6.07) is 15.1. The predicted molar refractivity (Wildman–Crippen MR) is 129 cm³/mol. The number of hydrogen-bond donors (Lipinski definition) is 0. The van der Waals surface area contributed by atoms with Crippen molar-refractivity contribution in [3.05, 3.63) is 83.7 Å². The minimum Gasteiger partial charge on any atom is -0.491 e. The summed E-state index contributed by atoms with van der Waals surface area (Å²) in [6.45, 7) is 4.18. The van der Waals surface area contributed by atoms with Gasteiger partial charge in [-0.15, -0.1) is 0 Å². The Kier molecular flexibility index (Phi) is 7.22. The Morgan fingerprint density at radius 1 is 0.818 bits per heavy atom. The molecular formula is C29H29F3O. The summed E-state index contributed by atoms with van der Waals surface area (Å²) in [5.74, 6) is -1.60.